The first-order chi connectivity index (χ1) is 9.17. The van der Waals surface area contributed by atoms with E-state index in [0.29, 0.717) is 0 Å². The summed E-state index contributed by atoms with van der Waals surface area (Å²) in [4.78, 5) is 33.2. The number of rotatable bonds is 5. The van der Waals surface area contributed by atoms with E-state index in [1.54, 1.807) is 12.4 Å². The highest BCUT2D eigenvalue weighted by Gasteiger charge is 2.11. The molecule has 0 spiro atoms. The number of amides is 2. The fourth-order valence-electron chi connectivity index (χ4n) is 1.24. The van der Waals surface area contributed by atoms with Gasteiger partial charge >= 0.3 is 0 Å². The Morgan fingerprint density at radius 2 is 2.00 bits per heavy atom. The summed E-state index contributed by atoms with van der Waals surface area (Å²) in [6, 6.07) is 9.17. The molecule has 0 heterocycles. The van der Waals surface area contributed by atoms with Crippen LogP contribution in [0, 0.1) is 0 Å². The van der Waals surface area contributed by atoms with E-state index in [1.165, 1.54) is 6.08 Å². The van der Waals surface area contributed by atoms with E-state index in [4.69, 9.17) is 0 Å². The van der Waals surface area contributed by atoms with Gasteiger partial charge in [-0.2, -0.15) is 0 Å². The summed E-state index contributed by atoms with van der Waals surface area (Å²) in [7, 11) is 0. The second-order valence-electron chi connectivity index (χ2n) is 3.49. The average Bonchev–Trinajstić information content (AvgIpc) is 2.45. The van der Waals surface area contributed by atoms with Crippen LogP contribution in [-0.4, -0.2) is 29.7 Å². The molecule has 0 atom stereocenters. The van der Waals surface area contributed by atoms with Crippen LogP contribution in [0.4, 0.5) is 0 Å². The highest BCUT2D eigenvalue weighted by atomic mass is 16.2. The Morgan fingerprint density at radius 3 is 2.58 bits per heavy atom. The second-order valence-corrected chi connectivity index (χ2v) is 3.49. The molecule has 0 aliphatic carbocycles. The van der Waals surface area contributed by atoms with Crippen LogP contribution in [0.25, 0.3) is 6.08 Å². The lowest BCUT2D eigenvalue weighted by Gasteiger charge is -2.17. The lowest BCUT2D eigenvalue weighted by atomic mass is 10.2. The quantitative estimate of drug-likeness (QED) is 0.628. The van der Waals surface area contributed by atoms with Crippen molar-refractivity contribution >= 4 is 24.2 Å². The van der Waals surface area contributed by atoms with Crippen LogP contribution >= 0.6 is 0 Å². The van der Waals surface area contributed by atoms with Crippen LogP contribution in [0.15, 0.2) is 49.1 Å². The molecule has 1 aromatic rings. The fourth-order valence-corrected chi connectivity index (χ4v) is 1.24. The minimum atomic E-state index is -0.572. The van der Waals surface area contributed by atoms with E-state index in [-0.39, 0.29) is 6.54 Å². The average molecular weight is 257 g/mol. The van der Waals surface area contributed by atoms with E-state index in [2.05, 4.69) is 12.0 Å². The van der Waals surface area contributed by atoms with E-state index in [1.807, 2.05) is 30.3 Å². The number of benzene rings is 1. The topological polar surface area (TPSA) is 66.5 Å². The molecule has 5 nitrogen and oxygen atoms in total. The zero-order chi connectivity index (χ0) is 14.1. The number of hydrogen-bond donors (Lipinski definition) is 1. The van der Waals surface area contributed by atoms with Crippen molar-refractivity contribution in [3.05, 3.63) is 54.6 Å². The summed E-state index contributed by atoms with van der Waals surface area (Å²) >= 11 is 0. The van der Waals surface area contributed by atoms with Crippen molar-refractivity contribution in [3.63, 3.8) is 0 Å². The molecule has 0 aliphatic rings. The maximum Gasteiger partial charge on any atom is 0.265 e. The SMILES string of the molecule is C=CC(=O)NN(C[C]=O)C(=O)/C=C/c1ccccc1. The Balaban J connectivity index is 2.71. The monoisotopic (exact) mass is 257 g/mol. The number of hydrogen-bond acceptors (Lipinski definition) is 3. The molecule has 0 fully saturated rings. The Labute approximate surface area is 111 Å². The van der Waals surface area contributed by atoms with Crippen LogP contribution < -0.4 is 5.43 Å². The Morgan fingerprint density at radius 1 is 1.32 bits per heavy atom. The third kappa shape index (κ3) is 4.99. The van der Waals surface area contributed by atoms with Gasteiger partial charge in [-0.05, 0) is 17.7 Å². The Kier molecular flexibility index (Phi) is 5.75. The maximum absolute atomic E-state index is 11.8. The third-order valence-corrected chi connectivity index (χ3v) is 2.14. The van der Waals surface area contributed by atoms with Crippen LogP contribution in [-0.2, 0) is 14.4 Å². The largest absolute Gasteiger partial charge is 0.289 e. The van der Waals surface area contributed by atoms with Gasteiger partial charge in [-0.3, -0.25) is 19.8 Å². The lowest BCUT2D eigenvalue weighted by Crippen LogP contribution is -2.45. The minimum absolute atomic E-state index is 0.350. The van der Waals surface area contributed by atoms with Crippen molar-refractivity contribution in [1.82, 2.24) is 10.4 Å². The predicted molar refractivity (Wildman–Crippen MR) is 71.2 cm³/mol. The Bertz CT molecular complexity index is 495. The van der Waals surface area contributed by atoms with Crippen LogP contribution in [0.1, 0.15) is 5.56 Å². The molecule has 0 aromatic heterocycles. The number of hydrazine groups is 1. The highest BCUT2D eigenvalue weighted by molar-refractivity contribution is 5.95. The van der Waals surface area contributed by atoms with Gasteiger partial charge in [0.1, 0.15) is 6.54 Å². The van der Waals surface area contributed by atoms with Gasteiger partial charge in [0.15, 0.2) is 0 Å². The number of carbonyl (C=O) groups is 2. The van der Waals surface area contributed by atoms with Crippen LogP contribution in [0.2, 0.25) is 0 Å². The van der Waals surface area contributed by atoms with E-state index < -0.39 is 11.8 Å². The van der Waals surface area contributed by atoms with Crippen molar-refractivity contribution in [2.45, 2.75) is 0 Å². The van der Waals surface area contributed by atoms with Gasteiger partial charge in [-0.1, -0.05) is 36.9 Å². The molecule has 0 bridgehead atoms. The zero-order valence-corrected chi connectivity index (χ0v) is 10.2. The first-order valence-corrected chi connectivity index (χ1v) is 5.50. The van der Waals surface area contributed by atoms with Gasteiger partial charge in [0.2, 0.25) is 6.29 Å². The standard InChI is InChI=1S/C14H13N2O3/c1-2-13(18)15-16(10-11-17)14(19)9-8-12-6-4-3-5-7-12/h2-9H,1,10H2,(H,15,18)/b9-8+. The van der Waals surface area contributed by atoms with Gasteiger partial charge in [0.05, 0.1) is 0 Å². The number of nitrogens with zero attached hydrogens (tertiary/aromatic N) is 1. The number of carbonyl (C=O) groups excluding carboxylic acids is 3. The van der Waals surface area contributed by atoms with Gasteiger partial charge < -0.3 is 0 Å². The van der Waals surface area contributed by atoms with Crippen LogP contribution in [0.3, 0.4) is 0 Å². The van der Waals surface area contributed by atoms with Crippen molar-refractivity contribution < 1.29 is 14.4 Å². The molecule has 0 unspecified atom stereocenters. The molecule has 0 aliphatic heterocycles. The molecule has 97 valence electrons. The molecular weight excluding hydrogens is 244 g/mol. The van der Waals surface area contributed by atoms with Crippen molar-refractivity contribution in [2.24, 2.45) is 0 Å². The predicted octanol–water partition coefficient (Wildman–Crippen LogP) is 0.855. The van der Waals surface area contributed by atoms with Gasteiger partial charge in [0.25, 0.3) is 11.8 Å². The summed E-state index contributed by atoms with van der Waals surface area (Å²) < 4.78 is 0. The summed E-state index contributed by atoms with van der Waals surface area (Å²) in [5.74, 6) is -1.10. The molecule has 1 radical (unpaired) electrons. The first kappa shape index (κ1) is 14.4. The minimum Gasteiger partial charge on any atom is -0.289 e. The summed E-state index contributed by atoms with van der Waals surface area (Å²) in [5.41, 5.74) is 3.05. The summed E-state index contributed by atoms with van der Waals surface area (Å²) in [6.07, 6.45) is 5.40. The Hall–Kier alpha value is -2.69. The lowest BCUT2D eigenvalue weighted by molar-refractivity contribution is -0.134. The van der Waals surface area contributed by atoms with Gasteiger partial charge in [0, 0.05) is 6.08 Å². The molecule has 0 saturated heterocycles. The second kappa shape index (κ2) is 7.60. The summed E-state index contributed by atoms with van der Waals surface area (Å²) in [6.45, 7) is 2.91. The highest BCUT2D eigenvalue weighted by Crippen LogP contribution is 2.01. The van der Waals surface area contributed by atoms with Crippen molar-refractivity contribution in [2.75, 3.05) is 6.54 Å². The summed E-state index contributed by atoms with van der Waals surface area (Å²) in [5, 5.41) is 0.858. The zero-order valence-electron chi connectivity index (χ0n) is 10.2. The van der Waals surface area contributed by atoms with Gasteiger partial charge in [-0.15, -0.1) is 0 Å². The van der Waals surface area contributed by atoms with E-state index >= 15 is 0 Å². The molecule has 1 N–H and O–H groups in total. The normalized spacial score (nSPS) is 9.89. The number of nitrogens with one attached hydrogen (secondary N) is 1. The van der Waals surface area contributed by atoms with Gasteiger partial charge in [-0.25, -0.2) is 5.01 Å². The fraction of sp³-hybridized carbons (Fsp3) is 0.0714. The maximum atomic E-state index is 11.8. The third-order valence-electron chi connectivity index (χ3n) is 2.14. The molecule has 1 rings (SSSR count). The smallest absolute Gasteiger partial charge is 0.265 e. The van der Waals surface area contributed by atoms with E-state index in [0.717, 1.165) is 16.6 Å². The van der Waals surface area contributed by atoms with Crippen LogP contribution in [0.5, 0.6) is 0 Å². The molecule has 2 amide bonds. The van der Waals surface area contributed by atoms with Crippen molar-refractivity contribution in [1.29, 1.82) is 0 Å². The molecule has 0 saturated carbocycles. The molecule has 19 heavy (non-hydrogen) atoms. The van der Waals surface area contributed by atoms with Crippen molar-refractivity contribution in [3.8, 4) is 0 Å². The van der Waals surface area contributed by atoms with E-state index in [9.17, 15) is 14.4 Å². The first-order valence-electron chi connectivity index (χ1n) is 5.50. The molecule has 1 aromatic carbocycles. The molecule has 5 heteroatoms. The molecular formula is C14H13N2O3.